The van der Waals surface area contributed by atoms with E-state index in [2.05, 4.69) is 9.71 Å². The Kier molecular flexibility index (Phi) is 8.33. The summed E-state index contributed by atoms with van der Waals surface area (Å²) in [6, 6.07) is 4.05. The van der Waals surface area contributed by atoms with Crippen LogP contribution in [0.25, 0.3) is 0 Å². The van der Waals surface area contributed by atoms with Gasteiger partial charge in [-0.2, -0.15) is 18.2 Å². The van der Waals surface area contributed by atoms with Crippen molar-refractivity contribution in [2.75, 3.05) is 17.1 Å². The number of carbonyl (C=O) groups excluding carboxylic acids is 1. The van der Waals surface area contributed by atoms with Gasteiger partial charge in [-0.3, -0.25) is 18.9 Å². The number of ether oxygens (including phenoxy) is 1. The van der Waals surface area contributed by atoms with Crippen molar-refractivity contribution in [1.82, 2.24) is 9.36 Å². The number of carbonyl (C=O) groups is 1. The molecule has 2 heterocycles. The Bertz CT molecular complexity index is 1310. The summed E-state index contributed by atoms with van der Waals surface area (Å²) < 4.78 is 77.2. The molecule has 1 aliphatic heterocycles. The van der Waals surface area contributed by atoms with Gasteiger partial charge in [-0.25, -0.2) is 8.42 Å². The number of aromatic nitrogens is 2. The van der Waals surface area contributed by atoms with Gasteiger partial charge < -0.3 is 4.74 Å². The van der Waals surface area contributed by atoms with Gasteiger partial charge in [0.05, 0.1) is 35.2 Å². The van der Waals surface area contributed by atoms with Crippen LogP contribution in [0.15, 0.2) is 29.3 Å². The van der Waals surface area contributed by atoms with Gasteiger partial charge in [0.1, 0.15) is 0 Å². The fourth-order valence-corrected chi connectivity index (χ4v) is 5.84. The first-order valence-corrected chi connectivity index (χ1v) is 13.8. The zero-order chi connectivity index (χ0) is 27.8. The molecule has 12 heteroatoms. The van der Waals surface area contributed by atoms with E-state index >= 15 is 0 Å². The van der Waals surface area contributed by atoms with Crippen LogP contribution >= 0.6 is 0 Å². The predicted molar refractivity (Wildman–Crippen MR) is 135 cm³/mol. The van der Waals surface area contributed by atoms with Crippen molar-refractivity contribution < 1.29 is 31.1 Å². The molecule has 1 amide bonds. The maximum atomic E-state index is 13.5. The van der Waals surface area contributed by atoms with Crippen LogP contribution in [-0.4, -0.2) is 42.2 Å². The molecule has 0 spiro atoms. The minimum absolute atomic E-state index is 0.0811. The average Bonchev–Trinajstić information content (AvgIpc) is 3.35. The van der Waals surface area contributed by atoms with Crippen molar-refractivity contribution in [2.45, 2.75) is 71.7 Å². The molecule has 1 aromatic carbocycles. The van der Waals surface area contributed by atoms with Crippen LogP contribution in [-0.2, 0) is 39.9 Å². The Morgan fingerprint density at radius 2 is 1.89 bits per heavy atom. The van der Waals surface area contributed by atoms with Gasteiger partial charge >= 0.3 is 6.18 Å². The van der Waals surface area contributed by atoms with Crippen LogP contribution in [0.4, 0.5) is 18.9 Å². The highest BCUT2D eigenvalue weighted by Gasteiger charge is 2.32. The first-order chi connectivity index (χ1) is 17.0. The number of hydrogen-bond acceptors (Lipinski definition) is 4. The molecule has 8 nitrogen and oxygen atoms in total. The summed E-state index contributed by atoms with van der Waals surface area (Å²) >= 11 is 0. The number of sulfonamides is 1. The summed E-state index contributed by atoms with van der Waals surface area (Å²) in [4.78, 5) is 17.5. The van der Waals surface area contributed by atoms with E-state index in [0.717, 1.165) is 30.7 Å². The van der Waals surface area contributed by atoms with Gasteiger partial charge in [0.25, 0.3) is 5.91 Å². The Labute approximate surface area is 215 Å². The van der Waals surface area contributed by atoms with E-state index in [1.807, 2.05) is 32.5 Å². The van der Waals surface area contributed by atoms with Gasteiger partial charge in [-0.1, -0.05) is 34.6 Å². The number of rotatable bonds is 7. The maximum absolute atomic E-state index is 13.5. The number of benzene rings is 1. The second kappa shape index (κ2) is 10.6. The Morgan fingerprint density at radius 3 is 2.43 bits per heavy atom. The van der Waals surface area contributed by atoms with Crippen LogP contribution < -0.4 is 10.2 Å². The number of amides is 1. The predicted octanol–water partition coefficient (Wildman–Crippen LogP) is 4.46. The Balaban J connectivity index is 2.14. The SMILES string of the molecule is CC(C)CS(=O)(=O)Nc1ccc(C(F)(F)F)cc1C(=O)N=c1cc(C(C)(C)C)n(C)n1C[C@H]1CCCO1. The van der Waals surface area contributed by atoms with Crippen LogP contribution in [0.3, 0.4) is 0 Å². The average molecular weight is 545 g/mol. The molecule has 37 heavy (non-hydrogen) atoms. The third-order valence-electron chi connectivity index (χ3n) is 6.02. The van der Waals surface area contributed by atoms with Gasteiger partial charge in [-0.15, -0.1) is 0 Å². The molecular weight excluding hydrogens is 509 g/mol. The van der Waals surface area contributed by atoms with Crippen molar-refractivity contribution >= 4 is 21.6 Å². The summed E-state index contributed by atoms with van der Waals surface area (Å²) in [5.74, 6) is -1.47. The van der Waals surface area contributed by atoms with Gasteiger partial charge in [0.2, 0.25) is 10.0 Å². The fourth-order valence-electron chi connectivity index (χ4n) is 4.36. The summed E-state index contributed by atoms with van der Waals surface area (Å²) in [7, 11) is -2.08. The number of nitrogens with zero attached hydrogens (tertiary/aromatic N) is 3. The molecule has 0 aliphatic carbocycles. The molecule has 1 atom stereocenters. The summed E-state index contributed by atoms with van der Waals surface area (Å²) in [6.45, 7) is 10.4. The molecule has 0 unspecified atom stereocenters. The molecule has 1 aromatic heterocycles. The minimum atomic E-state index is -4.73. The molecule has 0 saturated carbocycles. The number of nitrogens with one attached hydrogen (secondary N) is 1. The van der Waals surface area contributed by atoms with E-state index in [9.17, 15) is 26.4 Å². The largest absolute Gasteiger partial charge is 0.416 e. The summed E-state index contributed by atoms with van der Waals surface area (Å²) in [6.07, 6.45) is -3.05. The van der Waals surface area contributed by atoms with E-state index in [-0.39, 0.29) is 34.4 Å². The minimum Gasteiger partial charge on any atom is -0.376 e. The van der Waals surface area contributed by atoms with Crippen LogP contribution in [0.2, 0.25) is 0 Å². The first kappa shape index (κ1) is 29.0. The van der Waals surface area contributed by atoms with Crippen molar-refractivity contribution in [2.24, 2.45) is 18.0 Å². The Morgan fingerprint density at radius 1 is 1.22 bits per heavy atom. The van der Waals surface area contributed by atoms with Crippen molar-refractivity contribution in [1.29, 1.82) is 0 Å². The summed E-state index contributed by atoms with van der Waals surface area (Å²) in [5, 5.41) is 0. The third kappa shape index (κ3) is 7.25. The summed E-state index contributed by atoms with van der Waals surface area (Å²) in [5.41, 5.74) is -1.00. The van der Waals surface area contributed by atoms with Crippen molar-refractivity contribution in [3.8, 4) is 0 Å². The lowest BCUT2D eigenvalue weighted by Crippen LogP contribution is -2.30. The topological polar surface area (TPSA) is 94.7 Å². The lowest BCUT2D eigenvalue weighted by molar-refractivity contribution is -0.137. The fraction of sp³-hybridized carbons (Fsp3) is 0.600. The molecule has 1 fully saturated rings. The van der Waals surface area contributed by atoms with Gasteiger partial charge in [-0.05, 0) is 37.0 Å². The third-order valence-corrected chi connectivity index (χ3v) is 7.66. The standard InChI is InChI=1S/C25H35F3N4O4S/c1-16(2)15-37(34,35)30-20-10-9-17(25(26,27)28)12-19(20)23(33)29-22-13-21(24(3,4)5)31(6)32(22)14-18-8-7-11-36-18/h9-10,12-13,16,18,30H,7-8,11,14-15H2,1-6H3/t18-/m1/s1. The maximum Gasteiger partial charge on any atom is 0.416 e. The number of hydrogen-bond donors (Lipinski definition) is 1. The highest BCUT2D eigenvalue weighted by molar-refractivity contribution is 7.92. The van der Waals surface area contributed by atoms with Gasteiger partial charge in [0, 0.05) is 30.8 Å². The molecule has 1 aliphatic rings. The van der Waals surface area contributed by atoms with E-state index < -0.39 is 33.2 Å². The molecule has 1 N–H and O–H groups in total. The highest BCUT2D eigenvalue weighted by Crippen LogP contribution is 2.32. The molecule has 3 rings (SSSR count). The molecule has 0 radical (unpaired) electrons. The van der Waals surface area contributed by atoms with Gasteiger partial charge in [0.15, 0.2) is 5.49 Å². The highest BCUT2D eigenvalue weighted by atomic mass is 32.2. The van der Waals surface area contributed by atoms with Crippen molar-refractivity contribution in [3.05, 3.63) is 46.6 Å². The van der Waals surface area contributed by atoms with E-state index in [4.69, 9.17) is 4.74 Å². The van der Waals surface area contributed by atoms with E-state index in [0.29, 0.717) is 19.2 Å². The zero-order valence-corrected chi connectivity index (χ0v) is 22.8. The number of anilines is 1. The van der Waals surface area contributed by atoms with Crippen molar-refractivity contribution in [3.63, 3.8) is 0 Å². The molecule has 0 bridgehead atoms. The van der Waals surface area contributed by atoms with E-state index in [1.165, 1.54) is 0 Å². The Hall–Kier alpha value is -2.60. The normalized spacial score (nSPS) is 17.6. The molecule has 206 valence electrons. The van der Waals surface area contributed by atoms with Crippen LogP contribution in [0.1, 0.15) is 69.1 Å². The smallest absolute Gasteiger partial charge is 0.376 e. The number of halogens is 3. The molecular formula is C25H35F3N4O4S. The van der Waals surface area contributed by atoms with Crippen LogP contribution in [0, 0.1) is 5.92 Å². The number of alkyl halides is 3. The zero-order valence-electron chi connectivity index (χ0n) is 22.0. The lowest BCUT2D eigenvalue weighted by Gasteiger charge is -2.21. The lowest BCUT2D eigenvalue weighted by atomic mass is 9.92. The molecule has 1 saturated heterocycles. The first-order valence-electron chi connectivity index (χ1n) is 12.2. The quantitative estimate of drug-likeness (QED) is 0.557. The van der Waals surface area contributed by atoms with Crippen LogP contribution in [0.5, 0.6) is 0 Å². The van der Waals surface area contributed by atoms with E-state index in [1.54, 1.807) is 24.6 Å². The second-order valence-corrected chi connectivity index (χ2v) is 12.6. The monoisotopic (exact) mass is 544 g/mol. The molecule has 2 aromatic rings. The second-order valence-electron chi connectivity index (χ2n) is 10.8.